The van der Waals surface area contributed by atoms with Crippen molar-refractivity contribution in [2.45, 2.75) is 51.0 Å². The second kappa shape index (κ2) is 8.90. The number of allylic oxidation sites excluding steroid dienone is 4. The monoisotopic (exact) mass is 472 g/mol. The van der Waals surface area contributed by atoms with Gasteiger partial charge in [-0.05, 0) is 86.4 Å². The third-order valence-electron chi connectivity index (χ3n) is 7.32. The molecule has 6 rings (SSSR count). The van der Waals surface area contributed by atoms with Gasteiger partial charge in [0, 0.05) is 24.3 Å². The van der Waals surface area contributed by atoms with E-state index in [4.69, 9.17) is 0 Å². The Morgan fingerprint density at radius 2 is 1.79 bits per heavy atom. The fraction of sp³-hybridized carbons (Fsp3) is 0.345. The summed E-state index contributed by atoms with van der Waals surface area (Å²) in [6.45, 7) is 6.66. The summed E-state index contributed by atoms with van der Waals surface area (Å²) in [5, 5.41) is 2.85. The van der Waals surface area contributed by atoms with Crippen molar-refractivity contribution in [1.82, 2.24) is 0 Å². The molecule has 0 amide bonds. The highest BCUT2D eigenvalue weighted by molar-refractivity contribution is 8.03. The van der Waals surface area contributed by atoms with Crippen LogP contribution in [0.4, 0.5) is 5.69 Å². The van der Waals surface area contributed by atoms with Crippen molar-refractivity contribution in [2.75, 3.05) is 6.54 Å². The molecule has 1 fully saturated rings. The van der Waals surface area contributed by atoms with Crippen LogP contribution >= 0.6 is 23.1 Å². The maximum atomic E-state index is 2.52. The Bertz CT molecular complexity index is 1290. The van der Waals surface area contributed by atoms with Crippen LogP contribution in [0.25, 0.3) is 16.3 Å². The van der Waals surface area contributed by atoms with Crippen LogP contribution < -0.4 is 9.47 Å². The second-order valence-electron chi connectivity index (χ2n) is 9.54. The molecule has 2 heterocycles. The van der Waals surface area contributed by atoms with E-state index in [2.05, 4.69) is 85.2 Å². The number of aromatic nitrogens is 1. The van der Waals surface area contributed by atoms with Crippen molar-refractivity contribution in [1.29, 1.82) is 0 Å². The van der Waals surface area contributed by atoms with Crippen molar-refractivity contribution in [3.63, 3.8) is 0 Å². The van der Waals surface area contributed by atoms with E-state index in [0.717, 1.165) is 24.9 Å². The molecule has 168 valence electrons. The fourth-order valence-corrected chi connectivity index (χ4v) is 8.02. The number of fused-ring (bicyclic) bond motifs is 2. The molecule has 0 radical (unpaired) electrons. The molecule has 2 aromatic carbocycles. The third-order valence-corrected chi connectivity index (χ3v) is 9.59. The normalized spacial score (nSPS) is 25.1. The van der Waals surface area contributed by atoms with Crippen LogP contribution in [-0.4, -0.2) is 6.54 Å². The SMILES string of the molecule is CC[n+]1c(/C=C2C=C(/C=C3\Sc4ccccc4[NH+]3CC)CC(C3CC3)C/2)sc2ccccc21. The summed E-state index contributed by atoms with van der Waals surface area (Å²) >= 11 is 3.89. The molecule has 2 nitrogen and oxygen atoms in total. The van der Waals surface area contributed by atoms with Crippen LogP contribution in [0.1, 0.15) is 44.5 Å². The van der Waals surface area contributed by atoms with E-state index in [1.807, 2.05) is 23.1 Å². The van der Waals surface area contributed by atoms with Crippen molar-refractivity contribution < 1.29 is 9.47 Å². The fourth-order valence-electron chi connectivity index (χ4n) is 5.55. The van der Waals surface area contributed by atoms with Crippen LogP contribution in [0.5, 0.6) is 0 Å². The van der Waals surface area contributed by atoms with E-state index in [9.17, 15) is 0 Å². The standard InChI is InChI=1S/C29H31N2S2/c1-3-30-24-9-5-7-11-26(24)32-28(30)18-20-15-21(17-23(16-20)22-13-14-22)19-29-31(4-2)25-10-6-8-12-27(25)33-29/h5-12,15,18-19,22-23H,3-4,13-14,16-17H2,1-2H3/q+1/p+1. The van der Waals surface area contributed by atoms with E-state index < -0.39 is 0 Å². The van der Waals surface area contributed by atoms with Gasteiger partial charge in [-0.2, -0.15) is 4.57 Å². The molecule has 3 aliphatic rings. The maximum absolute atomic E-state index is 2.52. The number of thioether (sulfide) groups is 1. The third kappa shape index (κ3) is 4.14. The summed E-state index contributed by atoms with van der Waals surface area (Å²) in [5.41, 5.74) is 5.84. The molecule has 1 saturated carbocycles. The van der Waals surface area contributed by atoms with Gasteiger partial charge in [-0.25, -0.2) is 0 Å². The van der Waals surface area contributed by atoms with E-state index in [0.29, 0.717) is 0 Å². The van der Waals surface area contributed by atoms with Gasteiger partial charge in [-0.3, -0.25) is 4.90 Å². The van der Waals surface area contributed by atoms with E-state index >= 15 is 0 Å². The predicted octanol–water partition coefficient (Wildman–Crippen LogP) is 6.52. The Hall–Kier alpha value is -2.14. The van der Waals surface area contributed by atoms with Crippen LogP contribution in [-0.2, 0) is 6.54 Å². The summed E-state index contributed by atoms with van der Waals surface area (Å²) < 4.78 is 3.86. The minimum atomic E-state index is 0.802. The molecular formula is C29H32N2S2+2. The van der Waals surface area contributed by atoms with Gasteiger partial charge in [0.25, 0.3) is 5.01 Å². The molecular weight excluding hydrogens is 440 g/mol. The first-order chi connectivity index (χ1) is 16.2. The quantitative estimate of drug-likeness (QED) is 0.416. The molecule has 2 unspecified atom stereocenters. The number of thiazole rings is 1. The lowest BCUT2D eigenvalue weighted by molar-refractivity contribution is -0.777. The van der Waals surface area contributed by atoms with E-state index in [1.165, 1.54) is 72.6 Å². The average molecular weight is 473 g/mol. The van der Waals surface area contributed by atoms with Crippen LogP contribution in [0.15, 0.2) is 81.8 Å². The highest BCUT2D eigenvalue weighted by Crippen LogP contribution is 2.46. The van der Waals surface area contributed by atoms with Crippen molar-refractivity contribution in [3.05, 3.63) is 81.9 Å². The summed E-state index contributed by atoms with van der Waals surface area (Å²) in [5.74, 6) is 1.73. The highest BCUT2D eigenvalue weighted by Gasteiger charge is 2.35. The predicted molar refractivity (Wildman–Crippen MR) is 141 cm³/mol. The number of hydrogen-bond donors (Lipinski definition) is 1. The van der Waals surface area contributed by atoms with Gasteiger partial charge in [-0.1, -0.05) is 41.7 Å². The first kappa shape index (κ1) is 21.4. The minimum Gasteiger partial charge on any atom is -0.263 e. The lowest BCUT2D eigenvalue weighted by Gasteiger charge is -2.23. The van der Waals surface area contributed by atoms with Gasteiger partial charge >= 0.3 is 0 Å². The largest absolute Gasteiger partial charge is 0.263 e. The molecule has 2 aliphatic carbocycles. The number of quaternary nitrogens is 1. The molecule has 2 atom stereocenters. The number of rotatable bonds is 5. The number of nitrogens with one attached hydrogen (secondary N) is 1. The second-order valence-corrected chi connectivity index (χ2v) is 11.7. The van der Waals surface area contributed by atoms with Gasteiger partial charge in [0.1, 0.15) is 11.2 Å². The van der Waals surface area contributed by atoms with Gasteiger partial charge < -0.3 is 0 Å². The summed E-state index contributed by atoms with van der Waals surface area (Å²) in [4.78, 5) is 2.93. The maximum Gasteiger partial charge on any atom is 0.263 e. The Morgan fingerprint density at radius 3 is 2.61 bits per heavy atom. The smallest absolute Gasteiger partial charge is 0.263 e. The number of benzene rings is 2. The van der Waals surface area contributed by atoms with Crippen LogP contribution in [0.3, 0.4) is 0 Å². The van der Waals surface area contributed by atoms with Crippen LogP contribution in [0.2, 0.25) is 0 Å². The first-order valence-electron chi connectivity index (χ1n) is 12.4. The minimum absolute atomic E-state index is 0.802. The van der Waals surface area contributed by atoms with Crippen molar-refractivity contribution >= 4 is 45.1 Å². The lowest BCUT2D eigenvalue weighted by atomic mass is 9.82. The van der Waals surface area contributed by atoms with Gasteiger partial charge in [0.2, 0.25) is 5.52 Å². The van der Waals surface area contributed by atoms with Crippen molar-refractivity contribution in [2.24, 2.45) is 11.8 Å². The molecule has 0 saturated heterocycles. The average Bonchev–Trinajstić information content (AvgIpc) is 3.54. The summed E-state index contributed by atoms with van der Waals surface area (Å²) in [7, 11) is 0. The Balaban J connectivity index is 1.38. The zero-order valence-electron chi connectivity index (χ0n) is 19.5. The summed E-state index contributed by atoms with van der Waals surface area (Å²) in [6.07, 6.45) is 12.8. The lowest BCUT2D eigenvalue weighted by Crippen LogP contribution is -3.03. The Labute approximate surface area is 205 Å². The van der Waals surface area contributed by atoms with Crippen molar-refractivity contribution in [3.8, 4) is 0 Å². The molecule has 1 aliphatic heterocycles. The Kier molecular flexibility index (Phi) is 5.77. The van der Waals surface area contributed by atoms with E-state index in [-0.39, 0.29) is 0 Å². The first-order valence-corrected chi connectivity index (χ1v) is 14.0. The molecule has 33 heavy (non-hydrogen) atoms. The van der Waals surface area contributed by atoms with Gasteiger partial charge in [-0.15, -0.1) is 0 Å². The number of aryl methyl sites for hydroxylation is 1. The number of para-hydroxylation sites is 2. The number of hydrogen-bond acceptors (Lipinski definition) is 2. The van der Waals surface area contributed by atoms with Gasteiger partial charge in [0.05, 0.1) is 11.4 Å². The number of nitrogens with zero attached hydrogens (tertiary/aromatic N) is 1. The molecule has 3 aromatic rings. The van der Waals surface area contributed by atoms with Crippen LogP contribution in [0, 0.1) is 11.8 Å². The zero-order valence-corrected chi connectivity index (χ0v) is 21.1. The topological polar surface area (TPSA) is 8.32 Å². The molecule has 0 spiro atoms. The molecule has 4 heteroatoms. The summed E-state index contributed by atoms with van der Waals surface area (Å²) in [6, 6.07) is 17.7. The highest BCUT2D eigenvalue weighted by atomic mass is 32.2. The van der Waals surface area contributed by atoms with E-state index in [1.54, 1.807) is 0 Å². The molecule has 1 N–H and O–H groups in total. The zero-order chi connectivity index (χ0) is 22.4. The Morgan fingerprint density at radius 1 is 0.970 bits per heavy atom. The molecule has 1 aromatic heterocycles. The van der Waals surface area contributed by atoms with Gasteiger partial charge in [0.15, 0.2) is 10.7 Å². The molecule has 0 bridgehead atoms.